The zero-order valence-electron chi connectivity index (χ0n) is 6.74. The summed E-state index contributed by atoms with van der Waals surface area (Å²) >= 11 is 1.60. The Morgan fingerprint density at radius 1 is 1.42 bits per heavy atom. The highest BCUT2D eigenvalue weighted by molar-refractivity contribution is 7.18. The van der Waals surface area contributed by atoms with Crippen LogP contribution < -0.4 is 5.73 Å². The number of thiazole rings is 1. The number of pyridine rings is 1. The molecule has 62 valence electrons. The second-order valence-electron chi connectivity index (χ2n) is 2.56. The minimum atomic E-state index is 0.493. The molecule has 0 saturated heterocycles. The SMILES string of the molecule is Cc1nc2ccc(CN)nc2s1. The molecule has 0 radical (unpaired) electrons. The van der Waals surface area contributed by atoms with E-state index in [-0.39, 0.29) is 0 Å². The number of hydrogen-bond donors (Lipinski definition) is 1. The molecule has 12 heavy (non-hydrogen) atoms. The molecule has 0 spiro atoms. The van der Waals surface area contributed by atoms with Crippen LogP contribution in [0.1, 0.15) is 10.7 Å². The van der Waals surface area contributed by atoms with Crippen LogP contribution >= 0.6 is 11.3 Å². The molecular weight excluding hydrogens is 170 g/mol. The monoisotopic (exact) mass is 179 g/mol. The van der Waals surface area contributed by atoms with Crippen LogP contribution in [0, 0.1) is 6.92 Å². The van der Waals surface area contributed by atoms with E-state index < -0.39 is 0 Å². The van der Waals surface area contributed by atoms with Gasteiger partial charge in [0.15, 0.2) is 0 Å². The molecule has 0 amide bonds. The van der Waals surface area contributed by atoms with E-state index >= 15 is 0 Å². The molecule has 3 nitrogen and oxygen atoms in total. The van der Waals surface area contributed by atoms with Gasteiger partial charge in [-0.2, -0.15) is 0 Å². The third-order valence-electron chi connectivity index (χ3n) is 1.63. The Kier molecular flexibility index (Phi) is 1.78. The van der Waals surface area contributed by atoms with Crippen LogP contribution in [0.2, 0.25) is 0 Å². The van der Waals surface area contributed by atoms with Crippen LogP contribution in [-0.4, -0.2) is 9.97 Å². The third-order valence-corrected chi connectivity index (χ3v) is 2.51. The average molecular weight is 179 g/mol. The number of nitrogens with two attached hydrogens (primary N) is 1. The van der Waals surface area contributed by atoms with Gasteiger partial charge in [0.1, 0.15) is 10.3 Å². The van der Waals surface area contributed by atoms with Crippen LogP contribution in [0.15, 0.2) is 12.1 Å². The molecule has 2 rings (SSSR count). The van der Waals surface area contributed by atoms with E-state index in [0.29, 0.717) is 6.54 Å². The van der Waals surface area contributed by atoms with Crippen molar-refractivity contribution in [2.75, 3.05) is 0 Å². The van der Waals surface area contributed by atoms with Gasteiger partial charge < -0.3 is 5.73 Å². The molecule has 2 heterocycles. The number of hydrogen-bond acceptors (Lipinski definition) is 4. The first-order valence-electron chi connectivity index (χ1n) is 3.73. The molecule has 2 aromatic heterocycles. The van der Waals surface area contributed by atoms with Gasteiger partial charge in [-0.3, -0.25) is 0 Å². The van der Waals surface area contributed by atoms with Crippen LogP contribution in [-0.2, 0) is 6.54 Å². The summed E-state index contributed by atoms with van der Waals surface area (Å²) in [5, 5.41) is 1.05. The van der Waals surface area contributed by atoms with Crippen molar-refractivity contribution in [3.8, 4) is 0 Å². The van der Waals surface area contributed by atoms with Gasteiger partial charge in [0.25, 0.3) is 0 Å². The minimum absolute atomic E-state index is 0.493. The van der Waals surface area contributed by atoms with Crippen LogP contribution in [0.25, 0.3) is 10.3 Å². The highest BCUT2D eigenvalue weighted by Gasteiger charge is 2.01. The molecule has 0 aromatic carbocycles. The minimum Gasteiger partial charge on any atom is -0.325 e. The predicted octanol–water partition coefficient (Wildman–Crippen LogP) is 1.46. The van der Waals surface area contributed by atoms with Crippen molar-refractivity contribution in [3.63, 3.8) is 0 Å². The summed E-state index contributed by atoms with van der Waals surface area (Å²) in [6, 6.07) is 3.88. The van der Waals surface area contributed by atoms with Gasteiger partial charge in [0, 0.05) is 6.54 Å². The summed E-state index contributed by atoms with van der Waals surface area (Å²) in [5.41, 5.74) is 7.36. The van der Waals surface area contributed by atoms with E-state index in [1.807, 2.05) is 19.1 Å². The van der Waals surface area contributed by atoms with Gasteiger partial charge >= 0.3 is 0 Å². The van der Waals surface area contributed by atoms with E-state index in [9.17, 15) is 0 Å². The Balaban J connectivity index is 2.66. The first-order chi connectivity index (χ1) is 5.79. The molecule has 0 aliphatic carbocycles. The number of rotatable bonds is 1. The van der Waals surface area contributed by atoms with Gasteiger partial charge in [-0.15, -0.1) is 0 Å². The first-order valence-corrected chi connectivity index (χ1v) is 4.54. The van der Waals surface area contributed by atoms with Gasteiger partial charge in [0.2, 0.25) is 0 Å². The predicted molar refractivity (Wildman–Crippen MR) is 50.0 cm³/mol. The third kappa shape index (κ3) is 1.19. The van der Waals surface area contributed by atoms with Gasteiger partial charge in [-0.25, -0.2) is 9.97 Å². The lowest BCUT2D eigenvalue weighted by Crippen LogP contribution is -1.98. The lowest BCUT2D eigenvalue weighted by Gasteiger charge is -1.92. The van der Waals surface area contributed by atoms with Crippen molar-refractivity contribution >= 4 is 21.7 Å². The van der Waals surface area contributed by atoms with Crippen molar-refractivity contribution in [2.45, 2.75) is 13.5 Å². The fourth-order valence-corrected chi connectivity index (χ4v) is 1.88. The smallest absolute Gasteiger partial charge is 0.143 e. The summed E-state index contributed by atoms with van der Waals surface area (Å²) in [6.45, 7) is 2.47. The first kappa shape index (κ1) is 7.64. The van der Waals surface area contributed by atoms with E-state index in [2.05, 4.69) is 9.97 Å². The van der Waals surface area contributed by atoms with Crippen LogP contribution in [0.4, 0.5) is 0 Å². The normalized spacial score (nSPS) is 10.8. The molecule has 0 fully saturated rings. The Bertz CT molecular complexity index is 408. The zero-order chi connectivity index (χ0) is 8.55. The van der Waals surface area contributed by atoms with Crippen LogP contribution in [0.5, 0.6) is 0 Å². The maximum atomic E-state index is 5.47. The summed E-state index contributed by atoms with van der Waals surface area (Å²) in [6.07, 6.45) is 0. The lowest BCUT2D eigenvalue weighted by atomic mass is 10.3. The number of aromatic nitrogens is 2. The van der Waals surface area contributed by atoms with E-state index in [1.165, 1.54) is 0 Å². The molecule has 4 heteroatoms. The molecule has 0 atom stereocenters. The standard InChI is InChI=1S/C8H9N3S/c1-5-10-7-3-2-6(4-9)11-8(7)12-5/h2-3H,4,9H2,1H3. The Morgan fingerprint density at radius 2 is 2.25 bits per heavy atom. The Labute approximate surface area is 74.3 Å². The second-order valence-corrected chi connectivity index (χ2v) is 3.75. The van der Waals surface area contributed by atoms with Crippen LogP contribution in [0.3, 0.4) is 0 Å². The quantitative estimate of drug-likeness (QED) is 0.721. The maximum Gasteiger partial charge on any atom is 0.143 e. The average Bonchev–Trinajstić information content (AvgIpc) is 2.43. The topological polar surface area (TPSA) is 51.8 Å². The summed E-state index contributed by atoms with van der Waals surface area (Å²) in [4.78, 5) is 9.63. The summed E-state index contributed by atoms with van der Waals surface area (Å²) in [7, 11) is 0. The van der Waals surface area contributed by atoms with Crippen molar-refractivity contribution in [2.24, 2.45) is 5.73 Å². The Hall–Kier alpha value is -1.00. The number of aryl methyl sites for hydroxylation is 1. The number of nitrogens with zero attached hydrogens (tertiary/aromatic N) is 2. The summed E-state index contributed by atoms with van der Waals surface area (Å²) in [5.74, 6) is 0. The zero-order valence-corrected chi connectivity index (χ0v) is 7.56. The van der Waals surface area contributed by atoms with Gasteiger partial charge in [0.05, 0.1) is 10.7 Å². The molecule has 0 unspecified atom stereocenters. The van der Waals surface area contributed by atoms with Crippen molar-refractivity contribution in [1.29, 1.82) is 0 Å². The van der Waals surface area contributed by atoms with E-state index in [4.69, 9.17) is 5.73 Å². The molecular formula is C8H9N3S. The highest BCUT2D eigenvalue weighted by Crippen LogP contribution is 2.19. The van der Waals surface area contributed by atoms with E-state index in [1.54, 1.807) is 11.3 Å². The maximum absolute atomic E-state index is 5.47. The highest BCUT2D eigenvalue weighted by atomic mass is 32.1. The van der Waals surface area contributed by atoms with Crippen molar-refractivity contribution in [3.05, 3.63) is 22.8 Å². The fraction of sp³-hybridized carbons (Fsp3) is 0.250. The molecule has 0 aliphatic heterocycles. The summed E-state index contributed by atoms with van der Waals surface area (Å²) < 4.78 is 0. The number of fused-ring (bicyclic) bond motifs is 1. The fourth-order valence-electron chi connectivity index (χ4n) is 1.08. The largest absolute Gasteiger partial charge is 0.325 e. The lowest BCUT2D eigenvalue weighted by molar-refractivity contribution is 1.01. The van der Waals surface area contributed by atoms with Crippen molar-refractivity contribution in [1.82, 2.24) is 9.97 Å². The Morgan fingerprint density at radius 3 is 3.00 bits per heavy atom. The molecule has 2 aromatic rings. The molecule has 0 aliphatic rings. The van der Waals surface area contributed by atoms with Gasteiger partial charge in [-0.05, 0) is 19.1 Å². The molecule has 2 N–H and O–H groups in total. The molecule has 0 saturated carbocycles. The van der Waals surface area contributed by atoms with Crippen molar-refractivity contribution < 1.29 is 0 Å². The second kappa shape index (κ2) is 2.80. The van der Waals surface area contributed by atoms with Gasteiger partial charge in [-0.1, -0.05) is 11.3 Å². The van der Waals surface area contributed by atoms with E-state index in [0.717, 1.165) is 21.0 Å². The molecule has 0 bridgehead atoms.